The van der Waals surface area contributed by atoms with E-state index in [9.17, 15) is 28.3 Å². The van der Waals surface area contributed by atoms with Crippen molar-refractivity contribution >= 4 is 40.1 Å². The molecule has 1 aliphatic heterocycles. The van der Waals surface area contributed by atoms with E-state index in [1.54, 1.807) is 17.0 Å². The van der Waals surface area contributed by atoms with E-state index in [1.165, 1.54) is 29.3 Å². The van der Waals surface area contributed by atoms with Crippen molar-refractivity contribution in [3.8, 4) is 28.1 Å². The molecule has 45 heavy (non-hydrogen) atoms. The Labute approximate surface area is 262 Å². The van der Waals surface area contributed by atoms with E-state index < -0.39 is 23.6 Å². The number of aromatic nitrogens is 2. The van der Waals surface area contributed by atoms with E-state index in [0.29, 0.717) is 60.5 Å². The SMILES string of the molecule is O=C(O)C[C@@H](CC1CCCC1)C(=O)N(c1nc(-c2cc(OC(F)F)ccc2-c2ccc(N3CCCC3=O)nc2)c(F)s1)C1CC1. The van der Waals surface area contributed by atoms with Gasteiger partial charge in [0.1, 0.15) is 17.3 Å². The molecule has 2 saturated carbocycles. The fraction of sp³-hybridized carbons (Fsp3) is 0.469. The molecule has 0 bridgehead atoms. The lowest BCUT2D eigenvalue weighted by Crippen LogP contribution is -2.39. The summed E-state index contributed by atoms with van der Waals surface area (Å²) in [6.07, 6.45) is 8.23. The monoisotopic (exact) mass is 642 g/mol. The lowest BCUT2D eigenvalue weighted by molar-refractivity contribution is -0.141. The van der Waals surface area contributed by atoms with Gasteiger partial charge in [-0.15, -0.1) is 0 Å². The Morgan fingerprint density at radius 1 is 1.09 bits per heavy atom. The van der Waals surface area contributed by atoms with Crippen LogP contribution >= 0.6 is 11.3 Å². The second-order valence-electron chi connectivity index (χ2n) is 11.9. The van der Waals surface area contributed by atoms with Gasteiger partial charge in [0.15, 0.2) is 5.13 Å². The van der Waals surface area contributed by atoms with Gasteiger partial charge >= 0.3 is 12.6 Å². The maximum atomic E-state index is 15.8. The number of hydrogen-bond donors (Lipinski definition) is 1. The number of rotatable bonds is 12. The molecule has 0 spiro atoms. The zero-order chi connectivity index (χ0) is 31.7. The lowest BCUT2D eigenvalue weighted by Gasteiger charge is -2.26. The highest BCUT2D eigenvalue weighted by Gasteiger charge is 2.41. The van der Waals surface area contributed by atoms with E-state index in [4.69, 9.17) is 0 Å². The van der Waals surface area contributed by atoms with Gasteiger partial charge in [-0.2, -0.15) is 13.2 Å². The third-order valence-electron chi connectivity index (χ3n) is 8.67. The second-order valence-corrected chi connectivity index (χ2v) is 12.8. The van der Waals surface area contributed by atoms with E-state index in [-0.39, 0.29) is 52.3 Å². The summed E-state index contributed by atoms with van der Waals surface area (Å²) in [7, 11) is 0. The summed E-state index contributed by atoms with van der Waals surface area (Å²) in [5.74, 6) is -1.67. The zero-order valence-corrected chi connectivity index (χ0v) is 25.3. The van der Waals surface area contributed by atoms with Crippen molar-refractivity contribution in [1.29, 1.82) is 0 Å². The zero-order valence-electron chi connectivity index (χ0n) is 24.5. The smallest absolute Gasteiger partial charge is 0.387 e. The Hall–Kier alpha value is -4.00. The van der Waals surface area contributed by atoms with Crippen LogP contribution in [0.25, 0.3) is 22.4 Å². The quantitative estimate of drug-likeness (QED) is 0.229. The fourth-order valence-electron chi connectivity index (χ4n) is 6.39. The minimum atomic E-state index is -3.10. The Bertz CT molecular complexity index is 1570. The number of ether oxygens (including phenoxy) is 1. The molecule has 3 heterocycles. The van der Waals surface area contributed by atoms with Crippen LogP contribution in [0, 0.1) is 17.0 Å². The predicted octanol–water partition coefficient (Wildman–Crippen LogP) is 6.91. The van der Waals surface area contributed by atoms with Crippen molar-refractivity contribution in [3.05, 3.63) is 41.7 Å². The Balaban J connectivity index is 1.35. The van der Waals surface area contributed by atoms with Crippen LogP contribution < -0.4 is 14.5 Å². The highest BCUT2D eigenvalue weighted by atomic mass is 32.1. The first-order chi connectivity index (χ1) is 21.7. The minimum absolute atomic E-state index is 0.0230. The average molecular weight is 643 g/mol. The Morgan fingerprint density at radius 2 is 1.87 bits per heavy atom. The van der Waals surface area contributed by atoms with Gasteiger partial charge in [0.2, 0.25) is 16.9 Å². The van der Waals surface area contributed by atoms with E-state index in [2.05, 4.69) is 14.7 Å². The highest BCUT2D eigenvalue weighted by molar-refractivity contribution is 7.14. The largest absolute Gasteiger partial charge is 0.481 e. The van der Waals surface area contributed by atoms with Crippen molar-refractivity contribution < 1.29 is 37.4 Å². The van der Waals surface area contributed by atoms with Crippen LogP contribution in [-0.4, -0.2) is 52.1 Å². The summed E-state index contributed by atoms with van der Waals surface area (Å²) in [6, 6.07) is 7.30. The average Bonchev–Trinajstić information content (AvgIpc) is 3.33. The number of carboxylic acids is 1. The molecule has 1 atom stereocenters. The van der Waals surface area contributed by atoms with Crippen LogP contribution in [0.2, 0.25) is 0 Å². The van der Waals surface area contributed by atoms with E-state index in [1.807, 2.05) is 0 Å². The Morgan fingerprint density at radius 3 is 2.49 bits per heavy atom. The first-order valence-corrected chi connectivity index (χ1v) is 16.1. The van der Waals surface area contributed by atoms with Crippen molar-refractivity contribution in [2.45, 2.75) is 76.9 Å². The number of carbonyl (C=O) groups is 3. The molecule has 3 fully saturated rings. The molecule has 1 N–H and O–H groups in total. The molecule has 13 heteroatoms. The van der Waals surface area contributed by atoms with Gasteiger partial charge in [0.25, 0.3) is 0 Å². The van der Waals surface area contributed by atoms with Crippen LogP contribution in [-0.2, 0) is 14.4 Å². The van der Waals surface area contributed by atoms with Gasteiger partial charge in [-0.25, -0.2) is 9.97 Å². The first kappa shape index (κ1) is 31.0. The summed E-state index contributed by atoms with van der Waals surface area (Å²) >= 11 is 0.667. The number of hydrogen-bond acceptors (Lipinski definition) is 7. The van der Waals surface area contributed by atoms with Gasteiger partial charge < -0.3 is 9.84 Å². The predicted molar refractivity (Wildman–Crippen MR) is 162 cm³/mol. The summed E-state index contributed by atoms with van der Waals surface area (Å²) in [4.78, 5) is 49.8. The number of benzene rings is 1. The number of amides is 2. The number of anilines is 2. The number of halogens is 3. The Kier molecular flexibility index (Phi) is 9.06. The lowest BCUT2D eigenvalue weighted by atomic mass is 9.90. The molecule has 3 aliphatic rings. The topological polar surface area (TPSA) is 113 Å². The summed E-state index contributed by atoms with van der Waals surface area (Å²) in [6.45, 7) is -2.54. The number of aliphatic carboxylic acids is 1. The number of pyridine rings is 1. The van der Waals surface area contributed by atoms with Crippen molar-refractivity contribution in [1.82, 2.24) is 9.97 Å². The van der Waals surface area contributed by atoms with Crippen LogP contribution in [0.5, 0.6) is 5.75 Å². The van der Waals surface area contributed by atoms with E-state index >= 15 is 4.39 Å². The molecule has 9 nitrogen and oxygen atoms in total. The number of carboxylic acid groups (broad SMARTS) is 1. The van der Waals surface area contributed by atoms with Crippen LogP contribution in [0.3, 0.4) is 0 Å². The number of alkyl halides is 2. The van der Waals surface area contributed by atoms with Crippen molar-refractivity contribution in [2.24, 2.45) is 11.8 Å². The molecule has 3 aromatic rings. The maximum absolute atomic E-state index is 15.8. The molecule has 1 aromatic carbocycles. The summed E-state index contributed by atoms with van der Waals surface area (Å²) < 4.78 is 46.7. The van der Waals surface area contributed by atoms with Crippen molar-refractivity contribution in [2.75, 3.05) is 16.3 Å². The number of thiazole rings is 1. The van der Waals surface area contributed by atoms with Crippen LogP contribution in [0.4, 0.5) is 24.1 Å². The van der Waals surface area contributed by atoms with Crippen LogP contribution in [0.1, 0.15) is 64.2 Å². The minimum Gasteiger partial charge on any atom is -0.481 e. The molecule has 6 rings (SSSR count). The number of nitrogens with zero attached hydrogens (tertiary/aromatic N) is 4. The molecule has 0 unspecified atom stereocenters. The third kappa shape index (κ3) is 6.98. The molecule has 238 valence electrons. The first-order valence-electron chi connectivity index (χ1n) is 15.2. The molecule has 1 saturated heterocycles. The second kappa shape index (κ2) is 13.2. The molecule has 2 aliphatic carbocycles. The standard InChI is InChI=1S/C32H33F3N4O5S/c33-29-28(37-32(45-29)39(21-8-9-21)30(43)20(15-27(41)42)14-18-4-1-2-5-18)24-16-22(44-31(34)35)10-11-23(24)19-7-12-25(36-17-19)38-13-3-6-26(38)40/h7,10-12,16-18,20-21,31H,1-6,8-9,13-15H2,(H,41,42)/t20-/m1/s1. The normalized spacial score (nSPS) is 17.7. The molecular formula is C32H33F3N4O5S. The molecule has 0 radical (unpaired) electrons. The van der Waals surface area contributed by atoms with Gasteiger partial charge in [-0.1, -0.05) is 37.0 Å². The molecule has 2 aromatic heterocycles. The van der Waals surface area contributed by atoms with Gasteiger partial charge in [0, 0.05) is 42.2 Å². The van der Waals surface area contributed by atoms with Gasteiger partial charge in [-0.05, 0) is 67.5 Å². The van der Waals surface area contributed by atoms with E-state index in [0.717, 1.165) is 32.1 Å². The third-order valence-corrected chi connectivity index (χ3v) is 9.52. The fourth-order valence-corrected chi connectivity index (χ4v) is 7.28. The molecular weight excluding hydrogens is 609 g/mol. The summed E-state index contributed by atoms with van der Waals surface area (Å²) in [5.41, 5.74) is 0.989. The maximum Gasteiger partial charge on any atom is 0.387 e. The highest BCUT2D eigenvalue weighted by Crippen LogP contribution is 2.43. The van der Waals surface area contributed by atoms with Gasteiger partial charge in [0.05, 0.1) is 6.42 Å². The van der Waals surface area contributed by atoms with Crippen molar-refractivity contribution in [3.63, 3.8) is 0 Å². The number of carbonyl (C=O) groups excluding carboxylic acids is 2. The van der Waals surface area contributed by atoms with Gasteiger partial charge in [-0.3, -0.25) is 24.2 Å². The molecule has 2 amide bonds. The van der Waals surface area contributed by atoms with Crippen LogP contribution in [0.15, 0.2) is 36.5 Å². The summed E-state index contributed by atoms with van der Waals surface area (Å²) in [5, 5.41) is 8.97.